The Balaban J connectivity index is 2.37. The SMILES string of the molecule is CC[C@H](C)N(C(=O)OC(C)(C)C)c1ncccc1[C@@H]1CCCCN1. The fourth-order valence-corrected chi connectivity index (χ4v) is 2.97. The molecule has 0 saturated carbocycles. The van der Waals surface area contributed by atoms with E-state index in [2.05, 4.69) is 23.3 Å². The number of carbonyl (C=O) groups excluding carboxylic acids is 1. The second kappa shape index (κ2) is 7.97. The van der Waals surface area contributed by atoms with E-state index in [9.17, 15) is 4.79 Å². The Morgan fingerprint density at radius 3 is 2.79 bits per heavy atom. The summed E-state index contributed by atoms with van der Waals surface area (Å²) in [5.74, 6) is 0.723. The van der Waals surface area contributed by atoms with Crippen LogP contribution in [0.4, 0.5) is 10.6 Å². The van der Waals surface area contributed by atoms with Gasteiger partial charge in [-0.25, -0.2) is 9.78 Å². The normalized spacial score (nSPS) is 19.6. The molecule has 1 aliphatic rings. The van der Waals surface area contributed by atoms with Crippen LogP contribution in [0.1, 0.15) is 71.9 Å². The van der Waals surface area contributed by atoms with Crippen LogP contribution in [0.25, 0.3) is 0 Å². The van der Waals surface area contributed by atoms with E-state index in [1.165, 1.54) is 12.8 Å². The van der Waals surface area contributed by atoms with Crippen LogP contribution in [0.5, 0.6) is 0 Å². The molecule has 2 atom stereocenters. The van der Waals surface area contributed by atoms with Gasteiger partial charge in [0.05, 0.1) is 0 Å². The lowest BCUT2D eigenvalue weighted by molar-refractivity contribution is 0.0565. The van der Waals surface area contributed by atoms with Gasteiger partial charge < -0.3 is 10.1 Å². The van der Waals surface area contributed by atoms with Gasteiger partial charge in [-0.2, -0.15) is 0 Å². The molecule has 5 nitrogen and oxygen atoms in total. The first-order valence-corrected chi connectivity index (χ1v) is 9.04. The molecule has 1 aromatic heterocycles. The van der Waals surface area contributed by atoms with Crippen molar-refractivity contribution in [1.82, 2.24) is 10.3 Å². The summed E-state index contributed by atoms with van der Waals surface area (Å²) in [7, 11) is 0. The van der Waals surface area contributed by atoms with Crippen molar-refractivity contribution in [2.75, 3.05) is 11.4 Å². The van der Waals surface area contributed by atoms with E-state index >= 15 is 0 Å². The molecule has 0 aliphatic carbocycles. The van der Waals surface area contributed by atoms with E-state index in [1.54, 1.807) is 11.1 Å². The molecule has 2 rings (SSSR count). The standard InChI is InChI=1S/C19H31N3O2/c1-6-14(2)22(18(23)24-19(3,4)5)17-15(10-9-13-21-17)16-11-7-8-12-20-16/h9-10,13-14,16,20H,6-8,11-12H2,1-5H3/t14-,16-/m0/s1. The summed E-state index contributed by atoms with van der Waals surface area (Å²) in [4.78, 5) is 19.1. The van der Waals surface area contributed by atoms with Crippen LogP contribution in [0.3, 0.4) is 0 Å². The fourth-order valence-electron chi connectivity index (χ4n) is 2.97. The van der Waals surface area contributed by atoms with Gasteiger partial charge in [-0.3, -0.25) is 4.90 Å². The van der Waals surface area contributed by atoms with Crippen molar-refractivity contribution in [3.8, 4) is 0 Å². The molecule has 1 amide bonds. The van der Waals surface area contributed by atoms with Gasteiger partial charge in [0.1, 0.15) is 11.4 Å². The largest absolute Gasteiger partial charge is 0.443 e. The Hall–Kier alpha value is -1.62. The Morgan fingerprint density at radius 1 is 1.46 bits per heavy atom. The van der Waals surface area contributed by atoms with Crippen LogP contribution in [0, 0.1) is 0 Å². The molecule has 1 fully saturated rings. The lowest BCUT2D eigenvalue weighted by atomic mass is 9.97. The summed E-state index contributed by atoms with van der Waals surface area (Å²) in [6.07, 6.45) is 5.73. The summed E-state index contributed by atoms with van der Waals surface area (Å²) < 4.78 is 5.65. The molecular weight excluding hydrogens is 302 g/mol. The van der Waals surface area contributed by atoms with Crippen molar-refractivity contribution in [3.63, 3.8) is 0 Å². The van der Waals surface area contributed by atoms with E-state index in [4.69, 9.17) is 4.74 Å². The molecule has 5 heteroatoms. The highest BCUT2D eigenvalue weighted by Gasteiger charge is 2.31. The van der Waals surface area contributed by atoms with Crippen LogP contribution in [0.2, 0.25) is 0 Å². The van der Waals surface area contributed by atoms with Gasteiger partial charge in [0.15, 0.2) is 0 Å². The minimum absolute atomic E-state index is 0.0251. The van der Waals surface area contributed by atoms with Crippen molar-refractivity contribution in [2.45, 2.75) is 78.0 Å². The number of carbonyl (C=O) groups is 1. The molecule has 0 bridgehead atoms. The maximum atomic E-state index is 12.8. The number of nitrogens with zero attached hydrogens (tertiary/aromatic N) is 2. The third-order valence-electron chi connectivity index (χ3n) is 4.35. The zero-order valence-corrected chi connectivity index (χ0v) is 15.6. The number of hydrogen-bond donors (Lipinski definition) is 1. The molecule has 1 saturated heterocycles. The second-order valence-electron chi connectivity index (χ2n) is 7.53. The highest BCUT2D eigenvalue weighted by atomic mass is 16.6. The summed E-state index contributed by atoms with van der Waals surface area (Å²) in [6.45, 7) is 10.8. The van der Waals surface area contributed by atoms with Crippen molar-refractivity contribution < 1.29 is 9.53 Å². The Labute approximate surface area is 145 Å². The number of amides is 1. The van der Waals surface area contributed by atoms with Crippen LogP contribution in [-0.4, -0.2) is 29.3 Å². The van der Waals surface area contributed by atoms with Crippen LogP contribution >= 0.6 is 0 Å². The molecule has 2 heterocycles. The average Bonchev–Trinajstić information content (AvgIpc) is 2.54. The lowest BCUT2D eigenvalue weighted by Gasteiger charge is -2.33. The van der Waals surface area contributed by atoms with Crippen LogP contribution in [0.15, 0.2) is 18.3 Å². The van der Waals surface area contributed by atoms with Crippen molar-refractivity contribution in [1.29, 1.82) is 0 Å². The molecule has 1 aliphatic heterocycles. The van der Waals surface area contributed by atoms with Gasteiger partial charge in [0.2, 0.25) is 0 Å². The molecule has 0 spiro atoms. The number of piperidine rings is 1. The topological polar surface area (TPSA) is 54.5 Å². The summed E-state index contributed by atoms with van der Waals surface area (Å²) in [5, 5.41) is 3.56. The van der Waals surface area contributed by atoms with E-state index in [1.807, 2.05) is 33.8 Å². The monoisotopic (exact) mass is 333 g/mol. The average molecular weight is 333 g/mol. The molecule has 1 aromatic rings. The summed E-state index contributed by atoms with van der Waals surface area (Å²) in [6, 6.07) is 4.29. The first-order chi connectivity index (χ1) is 11.3. The third kappa shape index (κ3) is 4.69. The molecule has 1 N–H and O–H groups in total. The van der Waals surface area contributed by atoms with E-state index < -0.39 is 5.60 Å². The number of rotatable bonds is 4. The first-order valence-electron chi connectivity index (χ1n) is 9.04. The fraction of sp³-hybridized carbons (Fsp3) is 0.684. The van der Waals surface area contributed by atoms with Crippen molar-refractivity contribution in [3.05, 3.63) is 23.9 Å². The third-order valence-corrected chi connectivity index (χ3v) is 4.35. The smallest absolute Gasteiger partial charge is 0.416 e. The van der Waals surface area contributed by atoms with Gasteiger partial charge in [-0.05, 0) is 59.6 Å². The van der Waals surface area contributed by atoms with Crippen molar-refractivity contribution in [2.24, 2.45) is 0 Å². The Kier molecular flexibility index (Phi) is 6.21. The van der Waals surface area contributed by atoms with Gasteiger partial charge >= 0.3 is 6.09 Å². The maximum absolute atomic E-state index is 12.8. The lowest BCUT2D eigenvalue weighted by Crippen LogP contribution is -2.43. The second-order valence-corrected chi connectivity index (χ2v) is 7.53. The molecule has 24 heavy (non-hydrogen) atoms. The molecule has 0 radical (unpaired) electrons. The van der Waals surface area contributed by atoms with Crippen LogP contribution < -0.4 is 10.2 Å². The molecular formula is C19H31N3O2. The highest BCUT2D eigenvalue weighted by molar-refractivity contribution is 5.88. The minimum Gasteiger partial charge on any atom is -0.443 e. The predicted molar refractivity (Wildman–Crippen MR) is 97.3 cm³/mol. The van der Waals surface area contributed by atoms with E-state index in [0.29, 0.717) is 0 Å². The van der Waals surface area contributed by atoms with Gasteiger partial charge in [-0.15, -0.1) is 0 Å². The molecule has 134 valence electrons. The zero-order valence-electron chi connectivity index (χ0n) is 15.6. The maximum Gasteiger partial charge on any atom is 0.416 e. The Bertz CT molecular complexity index is 548. The van der Waals surface area contributed by atoms with Gasteiger partial charge in [0, 0.05) is 23.8 Å². The predicted octanol–water partition coefficient (Wildman–Crippen LogP) is 4.44. The number of anilines is 1. The van der Waals surface area contributed by atoms with Crippen molar-refractivity contribution >= 4 is 11.9 Å². The summed E-state index contributed by atoms with van der Waals surface area (Å²) in [5.41, 5.74) is 0.559. The number of pyridine rings is 1. The Morgan fingerprint density at radius 2 is 2.21 bits per heavy atom. The van der Waals surface area contributed by atoms with E-state index in [0.717, 1.165) is 30.8 Å². The van der Waals surface area contributed by atoms with E-state index in [-0.39, 0.29) is 18.2 Å². The highest BCUT2D eigenvalue weighted by Crippen LogP contribution is 2.31. The molecule has 0 unspecified atom stereocenters. The van der Waals surface area contributed by atoms with Gasteiger partial charge in [-0.1, -0.05) is 19.4 Å². The number of nitrogens with one attached hydrogen (secondary N) is 1. The first kappa shape index (κ1) is 18.7. The minimum atomic E-state index is -0.527. The summed E-state index contributed by atoms with van der Waals surface area (Å²) >= 11 is 0. The zero-order chi connectivity index (χ0) is 17.7. The van der Waals surface area contributed by atoms with Crippen LogP contribution in [-0.2, 0) is 4.74 Å². The molecule has 0 aromatic carbocycles. The number of ether oxygens (including phenoxy) is 1. The number of aromatic nitrogens is 1. The van der Waals surface area contributed by atoms with Gasteiger partial charge in [0.25, 0.3) is 0 Å². The quantitative estimate of drug-likeness (QED) is 0.885. The number of hydrogen-bond acceptors (Lipinski definition) is 4.